The van der Waals surface area contributed by atoms with E-state index in [-0.39, 0.29) is 17.9 Å². The molecule has 0 radical (unpaired) electrons. The summed E-state index contributed by atoms with van der Waals surface area (Å²) in [6.45, 7) is 6.66. The Balaban J connectivity index is 1.67. The molecule has 1 saturated carbocycles. The van der Waals surface area contributed by atoms with E-state index < -0.39 is 59.8 Å². The predicted octanol–water partition coefficient (Wildman–Crippen LogP) is 3.63. The molecule has 8 nitrogen and oxygen atoms in total. The van der Waals surface area contributed by atoms with Gasteiger partial charge in [0.15, 0.2) is 0 Å². The van der Waals surface area contributed by atoms with Gasteiger partial charge < -0.3 is 15.5 Å². The lowest BCUT2D eigenvalue weighted by Crippen LogP contribution is -2.54. The van der Waals surface area contributed by atoms with E-state index in [1.807, 2.05) is 20.8 Å². The maximum Gasteiger partial charge on any atom is 0.418 e. The number of carbonyl (C=O) groups is 4. The minimum Gasteiger partial charge on any atom is -0.332 e. The molecular formula is C24H31F3N4O4. The highest BCUT2D eigenvalue weighted by Gasteiger charge is 2.56. The third kappa shape index (κ3) is 5.76. The third-order valence-electron chi connectivity index (χ3n) is 6.49. The first-order chi connectivity index (χ1) is 16.2. The van der Waals surface area contributed by atoms with Crippen molar-refractivity contribution in [2.75, 3.05) is 25.0 Å². The van der Waals surface area contributed by atoms with Gasteiger partial charge in [-0.2, -0.15) is 13.2 Å². The fraction of sp³-hybridized carbons (Fsp3) is 0.583. The Morgan fingerprint density at radius 1 is 1.20 bits per heavy atom. The lowest BCUT2D eigenvalue weighted by molar-refractivity contribution is -0.141. The van der Waals surface area contributed by atoms with E-state index >= 15 is 0 Å². The number of carbonyl (C=O) groups excluding carboxylic acids is 4. The van der Waals surface area contributed by atoms with Gasteiger partial charge in [-0.25, -0.2) is 4.79 Å². The van der Waals surface area contributed by atoms with Crippen LogP contribution in [0.3, 0.4) is 0 Å². The molecule has 1 saturated heterocycles. The number of nitrogens with one attached hydrogen (secondary N) is 2. The Morgan fingerprint density at radius 2 is 1.86 bits per heavy atom. The lowest BCUT2D eigenvalue weighted by atomic mass is 9.64. The summed E-state index contributed by atoms with van der Waals surface area (Å²) in [6.07, 6.45) is -2.82. The monoisotopic (exact) mass is 496 g/mol. The second-order valence-corrected chi connectivity index (χ2v) is 10.3. The van der Waals surface area contributed by atoms with Crippen LogP contribution in [0.1, 0.15) is 52.5 Å². The zero-order chi connectivity index (χ0) is 26.2. The van der Waals surface area contributed by atoms with Crippen molar-refractivity contribution in [2.45, 2.75) is 58.7 Å². The first-order valence-electron chi connectivity index (χ1n) is 11.6. The van der Waals surface area contributed by atoms with Gasteiger partial charge in [0.05, 0.1) is 17.8 Å². The Labute approximate surface area is 202 Å². The number of urea groups is 1. The van der Waals surface area contributed by atoms with E-state index in [0.717, 1.165) is 28.4 Å². The highest BCUT2D eigenvalue weighted by atomic mass is 19.4. The van der Waals surface area contributed by atoms with Crippen molar-refractivity contribution in [3.8, 4) is 0 Å². The molecule has 0 aromatic heterocycles. The van der Waals surface area contributed by atoms with Gasteiger partial charge in [-0.3, -0.25) is 19.3 Å². The van der Waals surface area contributed by atoms with E-state index in [0.29, 0.717) is 12.8 Å². The third-order valence-corrected chi connectivity index (χ3v) is 6.49. The molecule has 192 valence electrons. The van der Waals surface area contributed by atoms with E-state index in [4.69, 9.17) is 0 Å². The van der Waals surface area contributed by atoms with E-state index in [2.05, 4.69) is 10.6 Å². The number of amides is 5. The van der Waals surface area contributed by atoms with Crippen LogP contribution in [0.15, 0.2) is 24.3 Å². The molecular weight excluding hydrogens is 465 g/mol. The number of para-hydroxylation sites is 1. The Bertz CT molecular complexity index is 1030. The minimum absolute atomic E-state index is 0.0615. The Morgan fingerprint density at radius 3 is 2.46 bits per heavy atom. The molecule has 2 atom stereocenters. The van der Waals surface area contributed by atoms with E-state index in [1.165, 1.54) is 12.1 Å². The van der Waals surface area contributed by atoms with Crippen LogP contribution in [0.25, 0.3) is 0 Å². The van der Waals surface area contributed by atoms with E-state index in [1.54, 1.807) is 6.92 Å². The van der Waals surface area contributed by atoms with Crippen LogP contribution >= 0.6 is 0 Å². The molecule has 1 aromatic rings. The normalized spacial score (nSPS) is 23.9. The standard InChI is InChI=1S/C24H31F3N4O4/c1-5-30(12-18(32)28-17-9-7-6-8-16(17)24(25,26)27)19(33)13-31-20(34)23(29-21(31)35)11-15(2)10-22(3,4)14-23/h6-9,15H,5,10-14H2,1-4H3,(H,28,32)(H,29,35). The minimum atomic E-state index is -4.66. The molecule has 1 heterocycles. The predicted molar refractivity (Wildman–Crippen MR) is 122 cm³/mol. The van der Waals surface area contributed by atoms with Crippen molar-refractivity contribution in [3.63, 3.8) is 0 Å². The van der Waals surface area contributed by atoms with Crippen molar-refractivity contribution >= 4 is 29.4 Å². The molecule has 1 aliphatic carbocycles. The molecule has 2 aliphatic rings. The molecule has 2 N–H and O–H groups in total. The number of imide groups is 1. The van der Waals surface area contributed by atoms with E-state index in [9.17, 15) is 32.3 Å². The van der Waals surface area contributed by atoms with Crippen molar-refractivity contribution < 1.29 is 32.3 Å². The summed E-state index contributed by atoms with van der Waals surface area (Å²) in [6, 6.07) is 3.87. The largest absolute Gasteiger partial charge is 0.418 e. The number of likely N-dealkylation sites (N-methyl/N-ethyl adjacent to an activating group) is 1. The van der Waals surface area contributed by atoms with Crippen LogP contribution in [0, 0.1) is 11.3 Å². The summed E-state index contributed by atoms with van der Waals surface area (Å²) in [5.41, 5.74) is -2.65. The van der Waals surface area contributed by atoms with Crippen LogP contribution in [-0.4, -0.2) is 58.7 Å². The number of anilines is 1. The van der Waals surface area contributed by atoms with Crippen molar-refractivity contribution in [3.05, 3.63) is 29.8 Å². The van der Waals surface area contributed by atoms with Crippen molar-refractivity contribution in [1.29, 1.82) is 0 Å². The zero-order valence-corrected chi connectivity index (χ0v) is 20.3. The summed E-state index contributed by atoms with van der Waals surface area (Å²) in [7, 11) is 0. The zero-order valence-electron chi connectivity index (χ0n) is 20.3. The first kappa shape index (κ1) is 26.5. The molecule has 2 unspecified atom stereocenters. The molecule has 2 fully saturated rings. The van der Waals surface area contributed by atoms with Gasteiger partial charge in [-0.15, -0.1) is 0 Å². The molecule has 5 amide bonds. The summed E-state index contributed by atoms with van der Waals surface area (Å²) in [5, 5.41) is 4.99. The maximum absolute atomic E-state index is 13.3. The van der Waals surface area contributed by atoms with Gasteiger partial charge >= 0.3 is 12.2 Å². The number of hydrogen-bond acceptors (Lipinski definition) is 4. The fourth-order valence-corrected chi connectivity index (χ4v) is 5.46. The molecule has 3 rings (SSSR count). The summed E-state index contributed by atoms with van der Waals surface area (Å²) < 4.78 is 39.6. The number of benzene rings is 1. The van der Waals surface area contributed by atoms with Crippen LogP contribution in [0.5, 0.6) is 0 Å². The molecule has 0 bridgehead atoms. The summed E-state index contributed by atoms with van der Waals surface area (Å²) in [4.78, 5) is 53.2. The average Bonchev–Trinajstić information content (AvgIpc) is 2.93. The lowest BCUT2D eigenvalue weighted by Gasteiger charge is -2.43. The smallest absolute Gasteiger partial charge is 0.332 e. The second kappa shape index (κ2) is 9.50. The second-order valence-electron chi connectivity index (χ2n) is 10.3. The quantitative estimate of drug-likeness (QED) is 0.588. The van der Waals surface area contributed by atoms with Crippen LogP contribution < -0.4 is 10.6 Å². The first-order valence-corrected chi connectivity index (χ1v) is 11.6. The topological polar surface area (TPSA) is 98.8 Å². The van der Waals surface area contributed by atoms with Gasteiger partial charge in [0.2, 0.25) is 11.8 Å². The van der Waals surface area contributed by atoms with Crippen molar-refractivity contribution in [1.82, 2.24) is 15.1 Å². The van der Waals surface area contributed by atoms with Crippen LogP contribution in [-0.2, 0) is 20.6 Å². The maximum atomic E-state index is 13.3. The van der Waals surface area contributed by atoms with Gasteiger partial charge in [-0.1, -0.05) is 32.9 Å². The number of hydrogen-bond donors (Lipinski definition) is 2. The number of nitrogens with zero attached hydrogens (tertiary/aromatic N) is 2. The molecule has 1 aliphatic heterocycles. The highest BCUT2D eigenvalue weighted by Crippen LogP contribution is 2.46. The summed E-state index contributed by atoms with van der Waals surface area (Å²) >= 11 is 0. The number of rotatable bonds is 6. The van der Waals surface area contributed by atoms with Gasteiger partial charge in [0.1, 0.15) is 12.1 Å². The average molecular weight is 497 g/mol. The summed E-state index contributed by atoms with van der Waals surface area (Å²) in [5.74, 6) is -1.74. The highest BCUT2D eigenvalue weighted by molar-refractivity contribution is 6.09. The van der Waals surface area contributed by atoms with Crippen molar-refractivity contribution in [2.24, 2.45) is 11.3 Å². The number of halogens is 3. The molecule has 11 heteroatoms. The van der Waals surface area contributed by atoms with Crippen LogP contribution in [0.2, 0.25) is 0 Å². The van der Waals surface area contributed by atoms with Gasteiger partial charge in [0, 0.05) is 6.54 Å². The van der Waals surface area contributed by atoms with Crippen LogP contribution in [0.4, 0.5) is 23.7 Å². The molecule has 1 aromatic carbocycles. The molecule has 35 heavy (non-hydrogen) atoms. The Kier molecular flexibility index (Phi) is 7.19. The Hall–Kier alpha value is -3.11. The SMILES string of the molecule is CCN(CC(=O)Nc1ccccc1C(F)(F)F)C(=O)CN1C(=O)NC2(CC(C)CC(C)(C)C2)C1=O. The fourth-order valence-electron chi connectivity index (χ4n) is 5.46. The number of alkyl halides is 3. The molecule has 1 spiro atoms. The van der Waals surface area contributed by atoms with Gasteiger partial charge in [-0.05, 0) is 49.7 Å². The van der Waals surface area contributed by atoms with Gasteiger partial charge in [0.25, 0.3) is 5.91 Å².